The van der Waals surface area contributed by atoms with Crippen LogP contribution in [0.1, 0.15) is 36.8 Å². The number of benzene rings is 2. The molecule has 0 radical (unpaired) electrons. The standard InChI is InChI=1S/C26H31N3O2/c30-24-17-21-19-29(14-11-23(21)27-24)25(31)26(22-9-5-2-6-10-22)12-15-28(16-13-26)18-20-7-3-1-4-8-20/h1-10,21,23H,11-19H2,(H,27,30)/t21-,23+/m1/s1. The van der Waals surface area contributed by atoms with E-state index in [1.807, 2.05) is 18.2 Å². The zero-order valence-electron chi connectivity index (χ0n) is 18.0. The molecular formula is C26H31N3O2. The zero-order chi connectivity index (χ0) is 21.3. The summed E-state index contributed by atoms with van der Waals surface area (Å²) in [5.74, 6) is 0.656. The molecule has 3 aliphatic rings. The van der Waals surface area contributed by atoms with Gasteiger partial charge in [-0.05, 0) is 43.5 Å². The molecule has 5 nitrogen and oxygen atoms in total. The molecule has 2 amide bonds. The number of nitrogens with zero attached hydrogens (tertiary/aromatic N) is 2. The van der Waals surface area contributed by atoms with Gasteiger partial charge >= 0.3 is 0 Å². The second-order valence-electron chi connectivity index (χ2n) is 9.39. The Balaban J connectivity index is 1.34. The fourth-order valence-corrected chi connectivity index (χ4v) is 5.74. The van der Waals surface area contributed by atoms with Gasteiger partial charge in [0.2, 0.25) is 11.8 Å². The molecule has 3 saturated heterocycles. The predicted molar refractivity (Wildman–Crippen MR) is 120 cm³/mol. The number of amides is 2. The monoisotopic (exact) mass is 417 g/mol. The second kappa shape index (κ2) is 8.46. The second-order valence-corrected chi connectivity index (χ2v) is 9.39. The number of piperidine rings is 2. The Bertz CT molecular complexity index is 922. The summed E-state index contributed by atoms with van der Waals surface area (Å²) in [6.07, 6.45) is 3.10. The molecule has 0 saturated carbocycles. The van der Waals surface area contributed by atoms with Gasteiger partial charge in [0.1, 0.15) is 0 Å². The van der Waals surface area contributed by atoms with E-state index in [4.69, 9.17) is 0 Å². The lowest BCUT2D eigenvalue weighted by Gasteiger charge is -2.45. The first-order valence-corrected chi connectivity index (χ1v) is 11.5. The lowest BCUT2D eigenvalue weighted by Crippen LogP contribution is -2.56. The minimum Gasteiger partial charge on any atom is -0.353 e. The quantitative estimate of drug-likeness (QED) is 0.832. The first kappa shape index (κ1) is 20.3. The van der Waals surface area contributed by atoms with Gasteiger partial charge in [-0.3, -0.25) is 14.5 Å². The summed E-state index contributed by atoms with van der Waals surface area (Å²) in [4.78, 5) is 30.4. The number of rotatable bonds is 4. The van der Waals surface area contributed by atoms with Crippen LogP contribution in [0.2, 0.25) is 0 Å². The van der Waals surface area contributed by atoms with Gasteiger partial charge < -0.3 is 10.2 Å². The van der Waals surface area contributed by atoms with Gasteiger partial charge in [0, 0.05) is 38.0 Å². The Kier molecular flexibility index (Phi) is 5.53. The number of fused-ring (bicyclic) bond motifs is 1. The van der Waals surface area contributed by atoms with Crippen LogP contribution in [0.5, 0.6) is 0 Å². The normalized spacial score (nSPS) is 25.7. The molecular weight excluding hydrogens is 386 g/mol. The number of carbonyl (C=O) groups is 2. The highest BCUT2D eigenvalue weighted by atomic mass is 16.2. The van der Waals surface area contributed by atoms with E-state index in [2.05, 4.69) is 57.6 Å². The number of hydrogen-bond donors (Lipinski definition) is 1. The topological polar surface area (TPSA) is 52.7 Å². The number of hydrogen-bond acceptors (Lipinski definition) is 3. The molecule has 0 aromatic heterocycles. The molecule has 2 aromatic rings. The van der Waals surface area contributed by atoms with E-state index in [0.717, 1.165) is 51.0 Å². The molecule has 31 heavy (non-hydrogen) atoms. The fraction of sp³-hybridized carbons (Fsp3) is 0.462. The van der Waals surface area contributed by atoms with Crippen molar-refractivity contribution in [1.29, 1.82) is 0 Å². The zero-order valence-corrected chi connectivity index (χ0v) is 18.0. The summed E-state index contributed by atoms with van der Waals surface area (Å²) >= 11 is 0. The lowest BCUT2D eigenvalue weighted by molar-refractivity contribution is -0.141. The summed E-state index contributed by atoms with van der Waals surface area (Å²) in [7, 11) is 0. The fourth-order valence-electron chi connectivity index (χ4n) is 5.74. The third kappa shape index (κ3) is 3.99. The van der Waals surface area contributed by atoms with Crippen LogP contribution in [0.3, 0.4) is 0 Å². The number of carbonyl (C=O) groups excluding carboxylic acids is 2. The maximum absolute atomic E-state index is 14.0. The first-order valence-electron chi connectivity index (χ1n) is 11.5. The van der Waals surface area contributed by atoms with E-state index in [1.54, 1.807) is 0 Å². The van der Waals surface area contributed by atoms with E-state index in [9.17, 15) is 9.59 Å². The SMILES string of the molecule is O=C1C[C@@H]2CN(C(=O)C3(c4ccccc4)CCN(Cc4ccccc4)CC3)CC[C@@H]2N1. The van der Waals surface area contributed by atoms with Gasteiger partial charge in [-0.25, -0.2) is 0 Å². The van der Waals surface area contributed by atoms with Crippen LogP contribution < -0.4 is 5.32 Å². The summed E-state index contributed by atoms with van der Waals surface area (Å²) in [6.45, 7) is 4.19. The van der Waals surface area contributed by atoms with Crippen molar-refractivity contribution in [2.45, 2.75) is 43.7 Å². The van der Waals surface area contributed by atoms with Crippen LogP contribution >= 0.6 is 0 Å². The summed E-state index contributed by atoms with van der Waals surface area (Å²) in [6, 6.07) is 21.2. The molecule has 0 unspecified atom stereocenters. The molecule has 3 fully saturated rings. The Hall–Kier alpha value is -2.66. The minimum atomic E-state index is -0.461. The molecule has 1 N–H and O–H groups in total. The van der Waals surface area contributed by atoms with E-state index in [-0.39, 0.29) is 23.8 Å². The van der Waals surface area contributed by atoms with E-state index < -0.39 is 5.41 Å². The molecule has 162 valence electrons. The van der Waals surface area contributed by atoms with Crippen LogP contribution in [0.15, 0.2) is 60.7 Å². The Labute approximate surface area is 184 Å². The van der Waals surface area contributed by atoms with Crippen LogP contribution in [0, 0.1) is 5.92 Å². The largest absolute Gasteiger partial charge is 0.353 e. The smallest absolute Gasteiger partial charge is 0.233 e. The van der Waals surface area contributed by atoms with Gasteiger partial charge in [-0.15, -0.1) is 0 Å². The van der Waals surface area contributed by atoms with Crippen molar-refractivity contribution in [1.82, 2.24) is 15.1 Å². The maximum atomic E-state index is 14.0. The summed E-state index contributed by atoms with van der Waals surface area (Å²) in [5.41, 5.74) is 2.00. The van der Waals surface area contributed by atoms with Gasteiger partial charge in [0.05, 0.1) is 5.41 Å². The molecule has 0 aliphatic carbocycles. The molecule has 0 spiro atoms. The van der Waals surface area contributed by atoms with Gasteiger partial charge in [0.25, 0.3) is 0 Å². The highest BCUT2D eigenvalue weighted by Crippen LogP contribution is 2.39. The van der Waals surface area contributed by atoms with E-state index in [1.165, 1.54) is 5.56 Å². The summed E-state index contributed by atoms with van der Waals surface area (Å²) < 4.78 is 0. The average Bonchev–Trinajstić information content (AvgIpc) is 3.20. The highest BCUT2D eigenvalue weighted by Gasteiger charge is 2.47. The number of likely N-dealkylation sites (tertiary alicyclic amines) is 2. The molecule has 2 aromatic carbocycles. The van der Waals surface area contributed by atoms with Crippen LogP contribution in [0.25, 0.3) is 0 Å². The first-order chi connectivity index (χ1) is 15.1. The predicted octanol–water partition coefficient (Wildman–Crippen LogP) is 2.96. The Morgan fingerprint density at radius 2 is 1.65 bits per heavy atom. The molecule has 5 rings (SSSR count). The molecule has 3 aliphatic heterocycles. The maximum Gasteiger partial charge on any atom is 0.233 e. The Morgan fingerprint density at radius 1 is 0.968 bits per heavy atom. The van der Waals surface area contributed by atoms with Crippen LogP contribution in [0.4, 0.5) is 0 Å². The average molecular weight is 418 g/mol. The molecule has 3 heterocycles. The third-order valence-electron chi connectivity index (χ3n) is 7.51. The van der Waals surface area contributed by atoms with Crippen molar-refractivity contribution in [3.05, 3.63) is 71.8 Å². The van der Waals surface area contributed by atoms with Crippen molar-refractivity contribution in [3.63, 3.8) is 0 Å². The lowest BCUT2D eigenvalue weighted by atomic mass is 9.71. The van der Waals surface area contributed by atoms with Crippen molar-refractivity contribution >= 4 is 11.8 Å². The van der Waals surface area contributed by atoms with Crippen molar-refractivity contribution in [3.8, 4) is 0 Å². The minimum absolute atomic E-state index is 0.135. The van der Waals surface area contributed by atoms with Crippen molar-refractivity contribution in [2.24, 2.45) is 5.92 Å². The van der Waals surface area contributed by atoms with E-state index >= 15 is 0 Å². The van der Waals surface area contributed by atoms with Gasteiger partial charge in [0.15, 0.2) is 0 Å². The van der Waals surface area contributed by atoms with Crippen LogP contribution in [-0.2, 0) is 21.5 Å². The highest BCUT2D eigenvalue weighted by molar-refractivity contribution is 5.89. The number of nitrogens with one attached hydrogen (secondary N) is 1. The van der Waals surface area contributed by atoms with Crippen molar-refractivity contribution in [2.75, 3.05) is 26.2 Å². The van der Waals surface area contributed by atoms with Gasteiger partial charge in [-0.1, -0.05) is 60.7 Å². The van der Waals surface area contributed by atoms with Crippen LogP contribution in [-0.4, -0.2) is 53.8 Å². The van der Waals surface area contributed by atoms with Crippen molar-refractivity contribution < 1.29 is 9.59 Å². The van der Waals surface area contributed by atoms with Gasteiger partial charge in [-0.2, -0.15) is 0 Å². The summed E-state index contributed by atoms with van der Waals surface area (Å²) in [5, 5.41) is 3.08. The molecule has 2 atom stereocenters. The Morgan fingerprint density at radius 3 is 2.35 bits per heavy atom. The molecule has 5 heteroatoms. The third-order valence-corrected chi connectivity index (χ3v) is 7.51. The molecule has 0 bridgehead atoms. The van der Waals surface area contributed by atoms with E-state index in [0.29, 0.717) is 13.0 Å².